The molecule has 0 aliphatic heterocycles. The maximum Gasteiger partial charge on any atom is 0.242 e. The maximum atomic E-state index is 14.5. The van der Waals surface area contributed by atoms with Gasteiger partial charge in [0.2, 0.25) is 23.6 Å². The molecule has 10 heteroatoms. The molecule has 4 amide bonds. The summed E-state index contributed by atoms with van der Waals surface area (Å²) in [4.78, 5) is 53.5. The maximum absolute atomic E-state index is 14.5. The molecule has 10 nitrogen and oxygen atoms in total. The summed E-state index contributed by atoms with van der Waals surface area (Å²) < 4.78 is 0. The molecule has 4 atom stereocenters. The number of carbonyl (C=O) groups is 4. The molecule has 0 saturated heterocycles. The average molecular weight is 738 g/mol. The van der Waals surface area contributed by atoms with Crippen molar-refractivity contribution in [2.24, 2.45) is 29.2 Å². The molecule has 0 radical (unpaired) electrons. The Balaban J connectivity index is 1.56. The monoisotopic (exact) mass is 737 g/mol. The molecule has 0 aliphatic carbocycles. The Labute approximate surface area is 319 Å². The summed E-state index contributed by atoms with van der Waals surface area (Å²) in [5, 5.41) is 24.4. The van der Waals surface area contributed by atoms with Gasteiger partial charge in [0.15, 0.2) is 0 Å². The highest BCUT2D eigenvalue weighted by atomic mass is 16.3. The van der Waals surface area contributed by atoms with Gasteiger partial charge < -0.3 is 32.5 Å². The number of nitrogens with one attached hydrogen (secondary N) is 3. The van der Waals surface area contributed by atoms with Crippen LogP contribution in [0.4, 0.5) is 0 Å². The largest absolute Gasteiger partial charge is 0.390 e. The van der Waals surface area contributed by atoms with Crippen LogP contribution in [0.5, 0.6) is 0 Å². The first-order valence-corrected chi connectivity index (χ1v) is 19.4. The summed E-state index contributed by atoms with van der Waals surface area (Å²) in [5.41, 5.74) is 13.2. The van der Waals surface area contributed by atoms with E-state index >= 15 is 0 Å². The summed E-state index contributed by atoms with van der Waals surface area (Å²) in [7, 11) is 0. The Bertz CT molecular complexity index is 1770. The van der Waals surface area contributed by atoms with Crippen molar-refractivity contribution in [1.29, 1.82) is 0 Å². The van der Waals surface area contributed by atoms with Crippen LogP contribution < -0.4 is 27.4 Å². The quantitative estimate of drug-likeness (QED) is 0.0632. The van der Waals surface area contributed by atoms with Crippen LogP contribution >= 0.6 is 0 Å². The van der Waals surface area contributed by atoms with Gasteiger partial charge in [0.25, 0.3) is 0 Å². The van der Waals surface area contributed by atoms with E-state index in [0.29, 0.717) is 51.5 Å². The molecule has 8 N–H and O–H groups in total. The van der Waals surface area contributed by atoms with E-state index in [4.69, 9.17) is 11.5 Å². The van der Waals surface area contributed by atoms with E-state index in [0.717, 1.165) is 32.7 Å². The fourth-order valence-corrected chi connectivity index (χ4v) is 7.19. The number of unbranched alkanes of at least 4 members (excludes halogenated alkanes) is 1. The summed E-state index contributed by atoms with van der Waals surface area (Å²) in [6, 6.07) is 26.0. The molecule has 4 aromatic rings. The van der Waals surface area contributed by atoms with Gasteiger partial charge in [-0.05, 0) is 96.0 Å². The number of amides is 4. The minimum Gasteiger partial charge on any atom is -0.390 e. The van der Waals surface area contributed by atoms with E-state index in [-0.39, 0.29) is 24.2 Å². The van der Waals surface area contributed by atoms with Crippen molar-refractivity contribution in [3.05, 3.63) is 96.1 Å². The molecule has 0 spiro atoms. The van der Waals surface area contributed by atoms with Crippen LogP contribution in [0.15, 0.2) is 84.9 Å². The number of nitrogens with two attached hydrogens (primary N) is 2. The summed E-state index contributed by atoms with van der Waals surface area (Å²) in [6.07, 6.45) is 1.78. The second kappa shape index (κ2) is 20.6. The van der Waals surface area contributed by atoms with Gasteiger partial charge in [-0.3, -0.25) is 19.2 Å². The number of carbonyl (C=O) groups excluding carboxylic acids is 4. The first kappa shape index (κ1) is 41.9. The Kier molecular flexibility index (Phi) is 16.0. The van der Waals surface area contributed by atoms with E-state index in [1.54, 1.807) is 0 Å². The lowest BCUT2D eigenvalue weighted by Gasteiger charge is -2.29. The highest BCUT2D eigenvalue weighted by Gasteiger charge is 2.32. The molecule has 0 heterocycles. The van der Waals surface area contributed by atoms with Crippen molar-refractivity contribution in [3.8, 4) is 0 Å². The van der Waals surface area contributed by atoms with Crippen molar-refractivity contribution >= 4 is 45.2 Å². The lowest BCUT2D eigenvalue weighted by molar-refractivity contribution is -0.133. The van der Waals surface area contributed by atoms with Gasteiger partial charge in [0.05, 0.1) is 18.6 Å². The highest BCUT2D eigenvalue weighted by Crippen LogP contribution is 2.27. The van der Waals surface area contributed by atoms with Crippen molar-refractivity contribution in [2.45, 2.75) is 103 Å². The van der Waals surface area contributed by atoms with Gasteiger partial charge in [-0.2, -0.15) is 0 Å². The molecule has 0 saturated carbocycles. The van der Waals surface area contributed by atoms with Crippen LogP contribution in [0, 0.1) is 17.8 Å². The standard InChI is InChI=1S/C44H59N5O5/c1-28(2)23-38(40(50)27-41(51)47-37(42(46)52)21-9-10-22-45)48-44(54)39(24-29(3)4)49-43(53)34(25-32-17-11-15-30-13-5-7-19-35(30)32)26-33-18-12-16-31-14-6-8-20-36(31)33/h5-8,11-20,28-29,34,37-40,50H,9-10,21-27,45H2,1-4H3,(H2,46,52)(H,47,51)(H,48,54)(H,49,53)/t37-,38-,39-,40-/m0/s1. The lowest BCUT2D eigenvalue weighted by Crippen LogP contribution is -2.55. The van der Waals surface area contributed by atoms with E-state index in [1.165, 1.54) is 0 Å². The van der Waals surface area contributed by atoms with E-state index in [2.05, 4.69) is 64.5 Å². The van der Waals surface area contributed by atoms with Crippen molar-refractivity contribution in [2.75, 3.05) is 6.54 Å². The third kappa shape index (κ3) is 12.4. The number of benzene rings is 4. The third-order valence-electron chi connectivity index (χ3n) is 9.94. The zero-order valence-corrected chi connectivity index (χ0v) is 32.2. The zero-order valence-electron chi connectivity index (χ0n) is 32.2. The molecule has 0 aromatic heterocycles. The number of aliphatic hydroxyl groups is 1. The number of primary amides is 1. The van der Waals surface area contributed by atoms with Crippen molar-refractivity contribution in [1.82, 2.24) is 16.0 Å². The topological polar surface area (TPSA) is 177 Å². The van der Waals surface area contributed by atoms with Gasteiger partial charge in [-0.25, -0.2) is 0 Å². The SMILES string of the molecule is CC(C)C[C@H](NC(=O)C(Cc1cccc2ccccc12)Cc1cccc2ccccc12)C(=O)N[C@@H](CC(C)C)[C@@H](O)CC(=O)N[C@@H](CCCCN)C(N)=O. The fraction of sp³-hybridized carbons (Fsp3) is 0.455. The lowest BCUT2D eigenvalue weighted by atomic mass is 9.87. The molecular weight excluding hydrogens is 679 g/mol. The normalized spacial score (nSPS) is 13.9. The van der Waals surface area contributed by atoms with E-state index in [1.807, 2.05) is 64.1 Å². The molecule has 0 bridgehead atoms. The van der Waals surface area contributed by atoms with Crippen molar-refractivity contribution < 1.29 is 24.3 Å². The Morgan fingerprint density at radius 1 is 0.648 bits per heavy atom. The number of aliphatic hydroxyl groups excluding tert-OH is 1. The Morgan fingerprint density at radius 2 is 1.19 bits per heavy atom. The first-order chi connectivity index (χ1) is 25.9. The summed E-state index contributed by atoms with van der Waals surface area (Å²) >= 11 is 0. The number of hydrogen-bond donors (Lipinski definition) is 6. The molecule has 0 unspecified atom stereocenters. The molecule has 4 rings (SSSR count). The van der Waals surface area contributed by atoms with Gasteiger partial charge >= 0.3 is 0 Å². The highest BCUT2D eigenvalue weighted by molar-refractivity contribution is 5.91. The van der Waals surface area contributed by atoms with Gasteiger partial charge in [0.1, 0.15) is 12.1 Å². The van der Waals surface area contributed by atoms with Gasteiger partial charge in [0, 0.05) is 5.92 Å². The second-order valence-electron chi connectivity index (χ2n) is 15.4. The van der Waals surface area contributed by atoms with Crippen LogP contribution in [0.25, 0.3) is 21.5 Å². The summed E-state index contributed by atoms with van der Waals surface area (Å²) in [6.45, 7) is 8.37. The number of rotatable bonds is 21. The van der Waals surface area contributed by atoms with E-state index < -0.39 is 47.9 Å². The Hall–Kier alpha value is -4.80. The average Bonchev–Trinajstić information content (AvgIpc) is 3.13. The van der Waals surface area contributed by atoms with Crippen LogP contribution in [0.2, 0.25) is 0 Å². The molecular formula is C44H59N5O5. The predicted molar refractivity (Wildman–Crippen MR) is 216 cm³/mol. The predicted octanol–water partition coefficient (Wildman–Crippen LogP) is 5.31. The number of hydrogen-bond acceptors (Lipinski definition) is 6. The Morgan fingerprint density at radius 3 is 1.70 bits per heavy atom. The molecule has 4 aromatic carbocycles. The van der Waals surface area contributed by atoms with Gasteiger partial charge in [-0.15, -0.1) is 0 Å². The smallest absolute Gasteiger partial charge is 0.242 e. The minimum absolute atomic E-state index is 0.0693. The fourth-order valence-electron chi connectivity index (χ4n) is 7.19. The van der Waals surface area contributed by atoms with Crippen LogP contribution in [-0.4, -0.2) is 59.5 Å². The number of fused-ring (bicyclic) bond motifs is 2. The van der Waals surface area contributed by atoms with Crippen LogP contribution in [0.3, 0.4) is 0 Å². The first-order valence-electron chi connectivity index (χ1n) is 19.4. The molecule has 0 fully saturated rings. The molecule has 290 valence electrons. The molecule has 0 aliphatic rings. The third-order valence-corrected chi connectivity index (χ3v) is 9.94. The van der Waals surface area contributed by atoms with Crippen molar-refractivity contribution in [3.63, 3.8) is 0 Å². The van der Waals surface area contributed by atoms with Gasteiger partial charge in [-0.1, -0.05) is 113 Å². The minimum atomic E-state index is -1.24. The van der Waals surface area contributed by atoms with Crippen LogP contribution in [-0.2, 0) is 32.0 Å². The second-order valence-corrected chi connectivity index (χ2v) is 15.4. The molecule has 54 heavy (non-hydrogen) atoms. The van der Waals surface area contributed by atoms with E-state index in [9.17, 15) is 24.3 Å². The summed E-state index contributed by atoms with van der Waals surface area (Å²) in [5.74, 6) is -2.20. The van der Waals surface area contributed by atoms with Crippen LogP contribution in [0.1, 0.15) is 77.3 Å². The zero-order chi connectivity index (χ0) is 39.2.